The summed E-state index contributed by atoms with van der Waals surface area (Å²) < 4.78 is 19.2. The molecule has 3 N–H and O–H groups in total. The van der Waals surface area contributed by atoms with Gasteiger partial charge in [0.2, 0.25) is 0 Å². The van der Waals surface area contributed by atoms with Crippen LogP contribution < -0.4 is 5.84 Å². The molecule has 6 heteroatoms. The van der Waals surface area contributed by atoms with Crippen LogP contribution in [0.3, 0.4) is 0 Å². The van der Waals surface area contributed by atoms with Crippen LogP contribution in [0.25, 0.3) is 0 Å². The first-order chi connectivity index (χ1) is 6.13. The summed E-state index contributed by atoms with van der Waals surface area (Å²) in [5.41, 5.74) is 0.271. The molecule has 1 aromatic carbocycles. The lowest BCUT2D eigenvalue weighted by molar-refractivity contribution is 0.0860. The zero-order chi connectivity index (χ0) is 9.84. The molecular weight excluding hydrogens is 192 g/mol. The lowest BCUT2D eigenvalue weighted by Crippen LogP contribution is -2.38. The Balaban J connectivity index is 2.86. The van der Waals surface area contributed by atoms with E-state index in [1.165, 1.54) is 12.1 Å². The Morgan fingerprint density at radius 3 is 2.38 bits per heavy atom. The Hall–Kier alpha value is -1.24. The minimum atomic E-state index is -2.48. The highest BCUT2D eigenvalue weighted by molar-refractivity contribution is 7.77. The number of amides is 1. The van der Waals surface area contributed by atoms with E-state index >= 15 is 0 Å². The third-order valence-corrected chi connectivity index (χ3v) is 1.89. The molecule has 1 amide bonds. The van der Waals surface area contributed by atoms with Gasteiger partial charge in [-0.15, -0.1) is 0 Å². The summed E-state index contributed by atoms with van der Waals surface area (Å²) >= 11 is -2.48. The minimum Gasteiger partial charge on any atom is -0.288 e. The number of carbonyl (C=O) groups excluding carboxylic acids is 1. The molecule has 0 aliphatic carbocycles. The molecule has 1 unspecified atom stereocenters. The van der Waals surface area contributed by atoms with Gasteiger partial charge in [-0.2, -0.15) is 4.41 Å². The van der Waals surface area contributed by atoms with Crippen LogP contribution in [0, 0.1) is 0 Å². The quantitative estimate of drug-likeness (QED) is 0.308. The van der Waals surface area contributed by atoms with Crippen molar-refractivity contribution in [1.29, 1.82) is 0 Å². The number of hydrogen-bond acceptors (Lipinski definition) is 3. The molecule has 13 heavy (non-hydrogen) atoms. The molecule has 0 saturated carbocycles. The van der Waals surface area contributed by atoms with Crippen molar-refractivity contribution in [3.63, 3.8) is 0 Å². The van der Waals surface area contributed by atoms with Crippen molar-refractivity contribution in [2.24, 2.45) is 5.84 Å². The van der Waals surface area contributed by atoms with Crippen LogP contribution in [0.4, 0.5) is 0 Å². The monoisotopic (exact) mass is 200 g/mol. The maximum Gasteiger partial charge on any atom is 0.281 e. The Kier molecular flexibility index (Phi) is 3.13. The number of hydrazine groups is 1. The van der Waals surface area contributed by atoms with Crippen LogP contribution >= 0.6 is 0 Å². The predicted molar refractivity (Wildman–Crippen MR) is 47.6 cm³/mol. The van der Waals surface area contributed by atoms with Crippen molar-refractivity contribution in [2.75, 3.05) is 0 Å². The maximum atomic E-state index is 11.2. The largest absolute Gasteiger partial charge is 0.288 e. The third-order valence-electron chi connectivity index (χ3n) is 1.39. The first-order valence-electron chi connectivity index (χ1n) is 3.38. The fraction of sp³-hybridized carbons (Fsp3) is 0. The van der Waals surface area contributed by atoms with Gasteiger partial charge in [-0.1, -0.05) is 18.2 Å². The molecule has 0 saturated heterocycles. The van der Waals surface area contributed by atoms with Crippen molar-refractivity contribution in [3.05, 3.63) is 35.9 Å². The average Bonchev–Trinajstić information content (AvgIpc) is 2.17. The van der Waals surface area contributed by atoms with Gasteiger partial charge in [0.05, 0.1) is 0 Å². The Bertz CT molecular complexity index is 328. The zero-order valence-electron chi connectivity index (χ0n) is 6.58. The van der Waals surface area contributed by atoms with Gasteiger partial charge < -0.3 is 0 Å². The maximum absolute atomic E-state index is 11.2. The number of benzene rings is 1. The van der Waals surface area contributed by atoms with Crippen LogP contribution in [0.15, 0.2) is 30.3 Å². The van der Waals surface area contributed by atoms with Crippen LogP contribution in [0.1, 0.15) is 10.4 Å². The van der Waals surface area contributed by atoms with Gasteiger partial charge in [0.1, 0.15) is 0 Å². The highest BCUT2D eigenvalue weighted by Crippen LogP contribution is 2.02. The summed E-state index contributed by atoms with van der Waals surface area (Å²) in [7, 11) is 0. The first-order valence-corrected chi connectivity index (χ1v) is 4.44. The molecule has 1 aromatic rings. The van der Waals surface area contributed by atoms with Gasteiger partial charge in [-0.05, 0) is 12.1 Å². The van der Waals surface area contributed by atoms with Crippen LogP contribution in [0.2, 0.25) is 0 Å². The first kappa shape index (κ1) is 9.85. The number of carbonyl (C=O) groups is 1. The lowest BCUT2D eigenvalue weighted by Gasteiger charge is -2.10. The predicted octanol–water partition coefficient (Wildman–Crippen LogP) is 0.139. The van der Waals surface area contributed by atoms with E-state index in [2.05, 4.69) is 0 Å². The molecule has 70 valence electrons. The summed E-state index contributed by atoms with van der Waals surface area (Å²) in [5, 5.41) is 0. The van der Waals surface area contributed by atoms with E-state index in [0.29, 0.717) is 0 Å². The summed E-state index contributed by atoms with van der Waals surface area (Å²) in [6, 6.07) is 8.03. The van der Waals surface area contributed by atoms with Crippen LogP contribution in [-0.2, 0) is 11.3 Å². The fourth-order valence-electron chi connectivity index (χ4n) is 0.779. The molecule has 0 aromatic heterocycles. The molecule has 1 rings (SSSR count). The third kappa shape index (κ3) is 2.35. The molecule has 5 nitrogen and oxygen atoms in total. The van der Waals surface area contributed by atoms with E-state index in [1.54, 1.807) is 18.2 Å². The number of rotatable bonds is 2. The van der Waals surface area contributed by atoms with Crippen molar-refractivity contribution in [2.45, 2.75) is 0 Å². The summed E-state index contributed by atoms with van der Waals surface area (Å²) in [6.07, 6.45) is 0. The highest BCUT2D eigenvalue weighted by Gasteiger charge is 2.15. The second-order valence-corrected chi connectivity index (χ2v) is 3.08. The molecule has 0 aliphatic rings. The second kappa shape index (κ2) is 4.13. The Labute approximate surface area is 77.5 Å². The molecule has 0 spiro atoms. The van der Waals surface area contributed by atoms with E-state index in [0.717, 1.165) is 0 Å². The number of nitrogens with zero attached hydrogens (tertiary/aromatic N) is 1. The average molecular weight is 200 g/mol. The van der Waals surface area contributed by atoms with Gasteiger partial charge in [-0.25, -0.2) is 10.1 Å². The Morgan fingerprint density at radius 1 is 1.38 bits per heavy atom. The van der Waals surface area contributed by atoms with E-state index < -0.39 is 17.2 Å². The summed E-state index contributed by atoms with van der Waals surface area (Å²) in [4.78, 5) is 11.2. The lowest BCUT2D eigenvalue weighted by atomic mass is 10.2. The van der Waals surface area contributed by atoms with Crippen molar-refractivity contribution < 1.29 is 13.6 Å². The van der Waals surface area contributed by atoms with Gasteiger partial charge in [0.15, 0.2) is 0 Å². The fourth-order valence-corrected chi connectivity index (χ4v) is 1.03. The summed E-state index contributed by atoms with van der Waals surface area (Å²) in [6.45, 7) is 0. The highest BCUT2D eigenvalue weighted by atomic mass is 32.2. The van der Waals surface area contributed by atoms with E-state index in [1.807, 2.05) is 0 Å². The SMILES string of the molecule is NN(C(=O)c1ccccc1)S(=O)O. The molecule has 0 aliphatic heterocycles. The number of nitrogens with two attached hydrogens (primary N) is 1. The minimum absolute atomic E-state index is 0.259. The summed E-state index contributed by atoms with van der Waals surface area (Å²) in [5.74, 6) is 4.33. The van der Waals surface area contributed by atoms with Gasteiger partial charge in [0, 0.05) is 5.56 Å². The van der Waals surface area contributed by atoms with Crippen molar-refractivity contribution >= 4 is 17.2 Å². The van der Waals surface area contributed by atoms with Gasteiger partial charge >= 0.3 is 0 Å². The zero-order valence-corrected chi connectivity index (χ0v) is 7.40. The van der Waals surface area contributed by atoms with E-state index in [-0.39, 0.29) is 9.98 Å². The van der Waals surface area contributed by atoms with E-state index in [9.17, 15) is 9.00 Å². The topological polar surface area (TPSA) is 83.6 Å². The Morgan fingerprint density at radius 2 is 1.92 bits per heavy atom. The standard InChI is InChI=1S/C7H8N2O3S/c8-9(13(11)12)7(10)6-4-2-1-3-5-6/h1-5H,8H2,(H,11,12). The van der Waals surface area contributed by atoms with Crippen LogP contribution in [-0.4, -0.2) is 19.1 Å². The molecule has 0 heterocycles. The smallest absolute Gasteiger partial charge is 0.281 e. The molecule has 1 atom stereocenters. The molecule has 0 bridgehead atoms. The van der Waals surface area contributed by atoms with Crippen molar-refractivity contribution in [3.8, 4) is 0 Å². The molecule has 0 radical (unpaired) electrons. The molecule has 0 fully saturated rings. The van der Waals surface area contributed by atoms with Crippen molar-refractivity contribution in [1.82, 2.24) is 4.41 Å². The van der Waals surface area contributed by atoms with Gasteiger partial charge in [-0.3, -0.25) is 9.35 Å². The normalized spacial score (nSPS) is 12.2. The molecular formula is C7H8N2O3S. The van der Waals surface area contributed by atoms with E-state index in [4.69, 9.17) is 10.4 Å². The van der Waals surface area contributed by atoms with Gasteiger partial charge in [0.25, 0.3) is 17.2 Å². The van der Waals surface area contributed by atoms with Crippen LogP contribution in [0.5, 0.6) is 0 Å². The second-order valence-electron chi connectivity index (χ2n) is 2.23. The number of hydrogen-bond donors (Lipinski definition) is 2.